The largest absolute Gasteiger partial charge is 0.468 e. The minimum atomic E-state index is -4.54. The van der Waals surface area contributed by atoms with E-state index in [9.17, 15) is 22.8 Å². The summed E-state index contributed by atoms with van der Waals surface area (Å²) >= 11 is 1.03. The van der Waals surface area contributed by atoms with Gasteiger partial charge in [-0.1, -0.05) is 24.8 Å². The minimum absolute atomic E-state index is 0.0533. The van der Waals surface area contributed by atoms with Crippen molar-refractivity contribution in [3.8, 4) is 0 Å². The molecular weight excluding hydrogens is 387 g/mol. The molecule has 0 spiro atoms. The van der Waals surface area contributed by atoms with E-state index in [1.807, 2.05) is 0 Å². The van der Waals surface area contributed by atoms with Gasteiger partial charge in [-0.3, -0.25) is 9.59 Å². The number of esters is 1. The highest BCUT2D eigenvalue weighted by Crippen LogP contribution is 2.29. The molecule has 0 aliphatic carbocycles. The maximum atomic E-state index is 12.7. The van der Waals surface area contributed by atoms with Crippen LogP contribution < -0.4 is 5.32 Å². The number of benzene rings is 1. The van der Waals surface area contributed by atoms with E-state index < -0.39 is 28.9 Å². The number of ether oxygens (including phenoxy) is 1. The van der Waals surface area contributed by atoms with E-state index in [0.717, 1.165) is 30.0 Å². The van der Waals surface area contributed by atoms with Crippen molar-refractivity contribution in [1.82, 2.24) is 15.5 Å². The third-order valence-electron chi connectivity index (χ3n) is 3.38. The van der Waals surface area contributed by atoms with Gasteiger partial charge in [-0.2, -0.15) is 13.2 Å². The first-order chi connectivity index (χ1) is 12.7. The Balaban J connectivity index is 1.96. The summed E-state index contributed by atoms with van der Waals surface area (Å²) in [5, 5.41) is 9.50. The molecule has 11 heteroatoms. The fourth-order valence-corrected chi connectivity index (χ4v) is 2.84. The van der Waals surface area contributed by atoms with Gasteiger partial charge in [0.1, 0.15) is 5.25 Å². The van der Waals surface area contributed by atoms with Gasteiger partial charge < -0.3 is 14.5 Å². The van der Waals surface area contributed by atoms with E-state index in [1.54, 1.807) is 6.92 Å². The molecule has 1 atom stereocenters. The van der Waals surface area contributed by atoms with Crippen molar-refractivity contribution in [2.45, 2.75) is 36.5 Å². The number of aromatic nitrogens is 2. The Bertz CT molecular complexity index is 810. The first-order valence-corrected chi connectivity index (χ1v) is 8.65. The molecule has 0 radical (unpaired) electrons. The Labute approximate surface area is 156 Å². The van der Waals surface area contributed by atoms with Crippen LogP contribution in [0, 0.1) is 0 Å². The number of rotatable bonds is 7. The normalized spacial score (nSPS) is 12.5. The predicted octanol–water partition coefficient (Wildman–Crippen LogP) is 3.06. The highest BCUT2D eigenvalue weighted by Gasteiger charge is 2.31. The average Bonchev–Trinajstić information content (AvgIpc) is 3.10. The summed E-state index contributed by atoms with van der Waals surface area (Å²) in [7, 11) is 1.27. The number of hydrogen-bond donors (Lipinski definition) is 1. The predicted molar refractivity (Wildman–Crippen MR) is 88.9 cm³/mol. The van der Waals surface area contributed by atoms with E-state index in [1.165, 1.54) is 13.2 Å². The number of nitrogens with zero attached hydrogens (tertiary/aromatic N) is 2. The van der Waals surface area contributed by atoms with Gasteiger partial charge in [0, 0.05) is 5.56 Å². The molecule has 0 bridgehead atoms. The minimum Gasteiger partial charge on any atom is -0.468 e. The van der Waals surface area contributed by atoms with Crippen LogP contribution in [0.25, 0.3) is 0 Å². The SMILES string of the molecule is CC[C@H](Sc1nnc(CNC(=O)c2cccc(C(F)(F)F)c2)o1)C(=O)OC. The van der Waals surface area contributed by atoms with Crippen molar-refractivity contribution in [2.24, 2.45) is 0 Å². The number of carbonyl (C=O) groups excluding carboxylic acids is 2. The molecule has 1 aromatic carbocycles. The summed E-state index contributed by atoms with van der Waals surface area (Å²) in [5.41, 5.74) is -1.06. The molecule has 0 aliphatic rings. The number of nitrogens with one attached hydrogen (secondary N) is 1. The Morgan fingerprint density at radius 3 is 2.70 bits per heavy atom. The quantitative estimate of drug-likeness (QED) is 0.561. The van der Waals surface area contributed by atoms with Crippen LogP contribution in [-0.2, 0) is 22.3 Å². The Hall–Kier alpha value is -2.56. The van der Waals surface area contributed by atoms with Crippen LogP contribution in [0.1, 0.15) is 35.2 Å². The van der Waals surface area contributed by atoms with Crippen LogP contribution in [-0.4, -0.2) is 34.4 Å². The van der Waals surface area contributed by atoms with Gasteiger partial charge in [-0.05, 0) is 24.6 Å². The van der Waals surface area contributed by atoms with E-state index in [0.29, 0.717) is 6.42 Å². The second kappa shape index (κ2) is 8.89. The molecule has 0 unspecified atom stereocenters. The second-order valence-electron chi connectivity index (χ2n) is 5.26. The maximum Gasteiger partial charge on any atom is 0.416 e. The van der Waals surface area contributed by atoms with Crippen LogP contribution in [0.15, 0.2) is 33.9 Å². The molecule has 0 aliphatic heterocycles. The van der Waals surface area contributed by atoms with Crippen LogP contribution >= 0.6 is 11.8 Å². The highest BCUT2D eigenvalue weighted by atomic mass is 32.2. The number of alkyl halides is 3. The van der Waals surface area contributed by atoms with Crippen LogP contribution in [0.5, 0.6) is 0 Å². The monoisotopic (exact) mass is 403 g/mol. The molecule has 146 valence electrons. The van der Waals surface area contributed by atoms with Crippen molar-refractivity contribution in [2.75, 3.05) is 7.11 Å². The molecular formula is C16H16F3N3O4S. The molecule has 27 heavy (non-hydrogen) atoms. The zero-order valence-corrected chi connectivity index (χ0v) is 15.2. The number of hydrogen-bond acceptors (Lipinski definition) is 7. The molecule has 2 aromatic rings. The zero-order valence-electron chi connectivity index (χ0n) is 14.4. The van der Waals surface area contributed by atoms with Crippen LogP contribution in [0.4, 0.5) is 13.2 Å². The third-order valence-corrected chi connectivity index (χ3v) is 4.56. The number of thioether (sulfide) groups is 1. The lowest BCUT2D eigenvalue weighted by Crippen LogP contribution is -2.23. The summed E-state index contributed by atoms with van der Waals surface area (Å²) in [4.78, 5) is 23.6. The Morgan fingerprint density at radius 2 is 2.07 bits per heavy atom. The number of carbonyl (C=O) groups is 2. The molecule has 1 amide bonds. The van der Waals surface area contributed by atoms with Gasteiger partial charge in [0.15, 0.2) is 0 Å². The smallest absolute Gasteiger partial charge is 0.416 e. The van der Waals surface area contributed by atoms with Crippen molar-refractivity contribution in [3.63, 3.8) is 0 Å². The maximum absolute atomic E-state index is 12.7. The third kappa shape index (κ3) is 5.71. The topological polar surface area (TPSA) is 94.3 Å². The summed E-state index contributed by atoms with van der Waals surface area (Å²) < 4.78 is 48.1. The van der Waals surface area contributed by atoms with E-state index in [-0.39, 0.29) is 23.2 Å². The number of amides is 1. The lowest BCUT2D eigenvalue weighted by molar-refractivity contribution is -0.140. The second-order valence-corrected chi connectivity index (χ2v) is 6.41. The number of halogens is 3. The van der Waals surface area contributed by atoms with Crippen molar-refractivity contribution in [1.29, 1.82) is 0 Å². The first kappa shape index (κ1) is 20.7. The van der Waals surface area contributed by atoms with Crippen molar-refractivity contribution < 1.29 is 31.9 Å². The van der Waals surface area contributed by atoms with E-state index >= 15 is 0 Å². The first-order valence-electron chi connectivity index (χ1n) is 7.77. The van der Waals surface area contributed by atoms with Crippen molar-refractivity contribution in [3.05, 3.63) is 41.3 Å². The molecule has 1 N–H and O–H groups in total. The van der Waals surface area contributed by atoms with Gasteiger partial charge in [0.25, 0.3) is 11.1 Å². The molecule has 0 saturated heterocycles. The van der Waals surface area contributed by atoms with Crippen LogP contribution in [0.2, 0.25) is 0 Å². The average molecular weight is 403 g/mol. The summed E-state index contributed by atoms with van der Waals surface area (Å²) in [5.74, 6) is -1.09. The summed E-state index contributed by atoms with van der Waals surface area (Å²) in [6, 6.07) is 4.05. The Kier molecular flexibility index (Phi) is 6.83. The van der Waals surface area contributed by atoms with Crippen LogP contribution in [0.3, 0.4) is 0 Å². The fraction of sp³-hybridized carbons (Fsp3) is 0.375. The van der Waals surface area contributed by atoms with Gasteiger partial charge in [0.2, 0.25) is 5.89 Å². The fourth-order valence-electron chi connectivity index (χ4n) is 2.00. The van der Waals surface area contributed by atoms with Gasteiger partial charge in [0.05, 0.1) is 19.2 Å². The summed E-state index contributed by atoms with van der Waals surface area (Å²) in [6.07, 6.45) is -4.05. The van der Waals surface area contributed by atoms with E-state index in [2.05, 4.69) is 20.3 Å². The molecule has 2 rings (SSSR count). The van der Waals surface area contributed by atoms with Gasteiger partial charge >= 0.3 is 12.1 Å². The molecule has 7 nitrogen and oxygen atoms in total. The summed E-state index contributed by atoms with van der Waals surface area (Å²) in [6.45, 7) is 1.62. The van der Waals surface area contributed by atoms with Gasteiger partial charge in [-0.15, -0.1) is 10.2 Å². The standard InChI is InChI=1S/C16H16F3N3O4S/c1-3-11(14(24)25-2)27-15-22-21-12(26-15)8-20-13(23)9-5-4-6-10(7-9)16(17,18)19/h4-7,11H,3,8H2,1-2H3,(H,20,23)/t11-/m0/s1. The molecule has 1 aromatic heterocycles. The van der Waals surface area contributed by atoms with Crippen molar-refractivity contribution >= 4 is 23.6 Å². The number of methoxy groups -OCH3 is 1. The molecule has 1 heterocycles. The lowest BCUT2D eigenvalue weighted by atomic mass is 10.1. The van der Waals surface area contributed by atoms with E-state index in [4.69, 9.17) is 4.42 Å². The molecule has 0 fully saturated rings. The molecule has 0 saturated carbocycles. The van der Waals surface area contributed by atoms with Gasteiger partial charge in [-0.25, -0.2) is 0 Å². The zero-order chi connectivity index (χ0) is 20.0. The highest BCUT2D eigenvalue weighted by molar-refractivity contribution is 8.00. The Morgan fingerprint density at radius 1 is 1.33 bits per heavy atom. The lowest BCUT2D eigenvalue weighted by Gasteiger charge is -2.08.